The minimum Gasteiger partial charge on any atom is -0.356 e. The van der Waals surface area contributed by atoms with E-state index in [0.29, 0.717) is 0 Å². The molecule has 0 unspecified atom stereocenters. The molecule has 0 bridgehead atoms. The summed E-state index contributed by atoms with van der Waals surface area (Å²) in [6, 6.07) is 0. The smallest absolute Gasteiger partial charge is 0.223 e. The van der Waals surface area contributed by atoms with Gasteiger partial charge in [0.05, 0.1) is 6.20 Å². The minimum absolute atomic E-state index is 0.145. The number of nitrogens with zero attached hydrogens (tertiary/aromatic N) is 4. The molecular formula is C19H31N5O. The third-order valence-electron chi connectivity index (χ3n) is 5.39. The Morgan fingerprint density at radius 3 is 2.52 bits per heavy atom. The number of rotatable bonds is 6. The topological polar surface area (TPSA) is 61.4 Å². The fourth-order valence-corrected chi connectivity index (χ4v) is 3.84. The highest BCUT2D eigenvalue weighted by atomic mass is 16.1. The Morgan fingerprint density at radius 2 is 1.84 bits per heavy atom. The summed E-state index contributed by atoms with van der Waals surface area (Å²) in [6.45, 7) is 6.14. The van der Waals surface area contributed by atoms with Crippen molar-refractivity contribution in [1.82, 2.24) is 20.2 Å². The predicted molar refractivity (Wildman–Crippen MR) is 99.5 cm³/mol. The van der Waals surface area contributed by atoms with E-state index >= 15 is 0 Å². The number of piperidine rings is 1. The van der Waals surface area contributed by atoms with Gasteiger partial charge in [-0.15, -0.1) is 0 Å². The molecule has 6 heteroatoms. The molecule has 1 N–H and O–H groups in total. The molecule has 138 valence electrons. The molecule has 0 aliphatic carbocycles. The standard InChI is InChI=1S/C19H31N5O/c25-19(22-8-5-13-23-11-3-1-2-4-12-23)17-6-14-24(15-7-17)18-16-20-9-10-21-18/h9-10,16-17H,1-8,11-15H2,(H,22,25). The largest absolute Gasteiger partial charge is 0.356 e. The molecule has 0 radical (unpaired) electrons. The van der Waals surface area contributed by atoms with Crippen molar-refractivity contribution in [2.45, 2.75) is 44.9 Å². The summed E-state index contributed by atoms with van der Waals surface area (Å²) in [6.07, 6.45) is 13.5. The van der Waals surface area contributed by atoms with Crippen LogP contribution in [0.4, 0.5) is 5.82 Å². The minimum atomic E-state index is 0.145. The lowest BCUT2D eigenvalue weighted by Gasteiger charge is -2.31. The molecule has 0 spiro atoms. The Bertz CT molecular complexity index is 508. The Kier molecular flexibility index (Phi) is 7.03. The highest BCUT2D eigenvalue weighted by molar-refractivity contribution is 5.78. The van der Waals surface area contributed by atoms with Gasteiger partial charge in [-0.05, 0) is 51.7 Å². The molecular weight excluding hydrogens is 314 g/mol. The molecule has 2 aliphatic rings. The second-order valence-electron chi connectivity index (χ2n) is 7.23. The first-order valence-electron chi connectivity index (χ1n) is 9.84. The fraction of sp³-hybridized carbons (Fsp3) is 0.737. The van der Waals surface area contributed by atoms with Crippen LogP contribution < -0.4 is 10.2 Å². The number of nitrogens with one attached hydrogen (secondary N) is 1. The van der Waals surface area contributed by atoms with Gasteiger partial charge in [0.2, 0.25) is 5.91 Å². The van der Waals surface area contributed by atoms with Crippen LogP contribution in [0, 0.1) is 5.92 Å². The van der Waals surface area contributed by atoms with Crippen LogP contribution in [0.2, 0.25) is 0 Å². The third-order valence-corrected chi connectivity index (χ3v) is 5.39. The maximum atomic E-state index is 12.4. The van der Waals surface area contributed by atoms with E-state index in [1.807, 2.05) is 0 Å². The van der Waals surface area contributed by atoms with Crippen LogP contribution in [-0.2, 0) is 4.79 Å². The average molecular weight is 345 g/mol. The van der Waals surface area contributed by atoms with Crippen molar-refractivity contribution in [3.8, 4) is 0 Å². The zero-order chi connectivity index (χ0) is 17.3. The van der Waals surface area contributed by atoms with Gasteiger partial charge < -0.3 is 15.1 Å². The van der Waals surface area contributed by atoms with E-state index in [0.717, 1.165) is 51.3 Å². The van der Waals surface area contributed by atoms with E-state index < -0.39 is 0 Å². The van der Waals surface area contributed by atoms with Gasteiger partial charge in [0.1, 0.15) is 5.82 Å². The second-order valence-corrected chi connectivity index (χ2v) is 7.23. The number of likely N-dealkylation sites (tertiary alicyclic amines) is 1. The lowest BCUT2D eigenvalue weighted by molar-refractivity contribution is -0.125. The zero-order valence-electron chi connectivity index (χ0n) is 15.2. The number of aromatic nitrogens is 2. The molecule has 0 aromatic carbocycles. The number of amides is 1. The van der Waals surface area contributed by atoms with Crippen LogP contribution in [0.25, 0.3) is 0 Å². The number of hydrogen-bond donors (Lipinski definition) is 1. The molecule has 6 nitrogen and oxygen atoms in total. The van der Waals surface area contributed by atoms with Crippen molar-refractivity contribution in [1.29, 1.82) is 0 Å². The van der Waals surface area contributed by atoms with Crippen LogP contribution in [0.3, 0.4) is 0 Å². The van der Waals surface area contributed by atoms with Crippen molar-refractivity contribution in [2.75, 3.05) is 44.2 Å². The quantitative estimate of drug-likeness (QED) is 0.800. The van der Waals surface area contributed by atoms with Gasteiger partial charge in [0.15, 0.2) is 0 Å². The molecule has 1 aromatic heterocycles. The summed E-state index contributed by atoms with van der Waals surface area (Å²) >= 11 is 0. The first kappa shape index (κ1) is 18.1. The van der Waals surface area contributed by atoms with Gasteiger partial charge in [-0.1, -0.05) is 12.8 Å². The highest BCUT2D eigenvalue weighted by Crippen LogP contribution is 2.21. The Hall–Kier alpha value is -1.69. The number of anilines is 1. The van der Waals surface area contributed by atoms with E-state index in [1.165, 1.54) is 38.8 Å². The average Bonchev–Trinajstić information content (AvgIpc) is 2.95. The van der Waals surface area contributed by atoms with Gasteiger partial charge in [-0.25, -0.2) is 4.98 Å². The fourth-order valence-electron chi connectivity index (χ4n) is 3.84. The van der Waals surface area contributed by atoms with E-state index in [1.54, 1.807) is 18.6 Å². The molecule has 3 rings (SSSR count). The van der Waals surface area contributed by atoms with Crippen LogP contribution in [0.5, 0.6) is 0 Å². The molecule has 3 heterocycles. The SMILES string of the molecule is O=C(NCCCN1CCCCCC1)C1CCN(c2cnccn2)CC1. The Morgan fingerprint density at radius 1 is 1.08 bits per heavy atom. The lowest BCUT2D eigenvalue weighted by atomic mass is 9.96. The summed E-state index contributed by atoms with van der Waals surface area (Å²) in [4.78, 5) is 25.6. The molecule has 25 heavy (non-hydrogen) atoms. The van der Waals surface area contributed by atoms with Crippen LogP contribution in [0.15, 0.2) is 18.6 Å². The van der Waals surface area contributed by atoms with Crippen LogP contribution in [-0.4, -0.2) is 60.0 Å². The summed E-state index contributed by atoms with van der Waals surface area (Å²) < 4.78 is 0. The molecule has 2 saturated heterocycles. The van der Waals surface area contributed by atoms with Crippen molar-refractivity contribution < 1.29 is 4.79 Å². The molecule has 2 aliphatic heterocycles. The molecule has 0 atom stereocenters. The van der Waals surface area contributed by atoms with Crippen LogP contribution in [0.1, 0.15) is 44.9 Å². The van der Waals surface area contributed by atoms with Crippen LogP contribution >= 0.6 is 0 Å². The monoisotopic (exact) mass is 345 g/mol. The van der Waals surface area contributed by atoms with Crippen molar-refractivity contribution in [3.63, 3.8) is 0 Å². The molecule has 0 saturated carbocycles. The molecule has 1 aromatic rings. The van der Waals surface area contributed by atoms with Gasteiger partial charge in [0.25, 0.3) is 0 Å². The zero-order valence-corrected chi connectivity index (χ0v) is 15.2. The normalized spacial score (nSPS) is 20.2. The summed E-state index contributed by atoms with van der Waals surface area (Å²) in [7, 11) is 0. The number of carbonyl (C=O) groups excluding carboxylic acids is 1. The maximum absolute atomic E-state index is 12.4. The summed E-state index contributed by atoms with van der Waals surface area (Å²) in [5.74, 6) is 1.29. The molecule has 1 amide bonds. The van der Waals surface area contributed by atoms with E-state index in [9.17, 15) is 4.79 Å². The Labute approximate surface area is 151 Å². The van der Waals surface area contributed by atoms with Gasteiger partial charge in [-0.2, -0.15) is 0 Å². The van der Waals surface area contributed by atoms with E-state index in [-0.39, 0.29) is 11.8 Å². The van der Waals surface area contributed by atoms with Crippen molar-refractivity contribution >= 4 is 11.7 Å². The predicted octanol–water partition coefficient (Wildman–Crippen LogP) is 2.08. The number of hydrogen-bond acceptors (Lipinski definition) is 5. The molecule has 2 fully saturated rings. The maximum Gasteiger partial charge on any atom is 0.223 e. The van der Waals surface area contributed by atoms with Gasteiger partial charge >= 0.3 is 0 Å². The van der Waals surface area contributed by atoms with Crippen molar-refractivity contribution in [3.05, 3.63) is 18.6 Å². The van der Waals surface area contributed by atoms with Gasteiger partial charge in [-0.3, -0.25) is 9.78 Å². The first-order chi connectivity index (χ1) is 12.3. The van der Waals surface area contributed by atoms with E-state index in [2.05, 4.69) is 25.1 Å². The van der Waals surface area contributed by atoms with Gasteiger partial charge in [0, 0.05) is 37.9 Å². The second kappa shape index (κ2) is 9.70. The number of carbonyl (C=O) groups is 1. The highest BCUT2D eigenvalue weighted by Gasteiger charge is 2.25. The first-order valence-corrected chi connectivity index (χ1v) is 9.84. The summed E-state index contributed by atoms with van der Waals surface area (Å²) in [5, 5.41) is 3.15. The van der Waals surface area contributed by atoms with E-state index in [4.69, 9.17) is 0 Å². The summed E-state index contributed by atoms with van der Waals surface area (Å²) in [5.41, 5.74) is 0. The lowest BCUT2D eigenvalue weighted by Crippen LogP contribution is -2.41. The third kappa shape index (κ3) is 5.66. The Balaban J connectivity index is 1.31. The van der Waals surface area contributed by atoms with Crippen molar-refractivity contribution in [2.24, 2.45) is 5.92 Å².